The number of fused-ring (bicyclic) bond motifs is 1. The Hall–Kier alpha value is -3.16. The van der Waals surface area contributed by atoms with Gasteiger partial charge in [-0.3, -0.25) is 9.59 Å². The highest BCUT2D eigenvalue weighted by molar-refractivity contribution is 5.93. The van der Waals surface area contributed by atoms with Gasteiger partial charge < -0.3 is 14.6 Å². The molecular formula is C18H20N4O4. The van der Waals surface area contributed by atoms with Crippen molar-refractivity contribution in [2.45, 2.75) is 33.7 Å². The number of carbonyl (C=O) groups is 1. The standard InChI is InChI=1S/C18H20N4O4/c1-5-25-14-8-6-13(7-9-14)19-17(23)11(3)22-18(24)16-15(10(2)20-22)12(4)26-21-16/h6-9,11H,5H2,1-4H3,(H,19,23)/t11-/m1/s1. The molecule has 2 heterocycles. The molecule has 0 radical (unpaired) electrons. The van der Waals surface area contributed by atoms with Crippen molar-refractivity contribution in [2.24, 2.45) is 0 Å². The molecule has 0 fully saturated rings. The lowest BCUT2D eigenvalue weighted by Crippen LogP contribution is -2.34. The number of hydrogen-bond donors (Lipinski definition) is 1. The Morgan fingerprint density at radius 1 is 1.31 bits per heavy atom. The van der Waals surface area contributed by atoms with E-state index in [4.69, 9.17) is 9.26 Å². The van der Waals surface area contributed by atoms with Crippen molar-refractivity contribution in [3.63, 3.8) is 0 Å². The molecule has 0 saturated heterocycles. The molecule has 1 atom stereocenters. The van der Waals surface area contributed by atoms with Gasteiger partial charge >= 0.3 is 0 Å². The molecule has 136 valence electrons. The second-order valence-corrected chi connectivity index (χ2v) is 5.92. The summed E-state index contributed by atoms with van der Waals surface area (Å²) in [4.78, 5) is 25.1. The SMILES string of the molecule is CCOc1ccc(NC(=O)[C@@H](C)n2nc(C)c3c(C)onc3c2=O)cc1. The second kappa shape index (κ2) is 6.99. The predicted molar refractivity (Wildman–Crippen MR) is 96.5 cm³/mol. The highest BCUT2D eigenvalue weighted by Crippen LogP contribution is 2.19. The molecule has 0 bridgehead atoms. The van der Waals surface area contributed by atoms with Gasteiger partial charge in [0.1, 0.15) is 17.6 Å². The normalized spacial score (nSPS) is 12.2. The van der Waals surface area contributed by atoms with Crippen molar-refractivity contribution >= 4 is 22.5 Å². The molecule has 0 aliphatic heterocycles. The molecule has 3 aromatic rings. The van der Waals surface area contributed by atoms with Gasteiger partial charge in [-0.05, 0) is 52.0 Å². The summed E-state index contributed by atoms with van der Waals surface area (Å²) < 4.78 is 11.6. The first-order valence-electron chi connectivity index (χ1n) is 8.31. The Balaban J connectivity index is 1.85. The number of aryl methyl sites for hydroxylation is 2. The third-order valence-electron chi connectivity index (χ3n) is 4.07. The fraction of sp³-hybridized carbons (Fsp3) is 0.333. The first kappa shape index (κ1) is 17.7. The van der Waals surface area contributed by atoms with Crippen molar-refractivity contribution in [3.05, 3.63) is 46.1 Å². The van der Waals surface area contributed by atoms with E-state index >= 15 is 0 Å². The minimum absolute atomic E-state index is 0.177. The number of rotatable bonds is 5. The summed E-state index contributed by atoms with van der Waals surface area (Å²) in [6.45, 7) is 7.55. The number of nitrogens with one attached hydrogen (secondary N) is 1. The molecule has 3 rings (SSSR count). The highest BCUT2D eigenvalue weighted by atomic mass is 16.5. The van der Waals surface area contributed by atoms with Crippen molar-refractivity contribution < 1.29 is 14.1 Å². The average Bonchev–Trinajstić information content (AvgIpc) is 3.02. The summed E-state index contributed by atoms with van der Waals surface area (Å²) in [6.07, 6.45) is 0. The van der Waals surface area contributed by atoms with Gasteiger partial charge in [-0.1, -0.05) is 5.16 Å². The van der Waals surface area contributed by atoms with Crippen LogP contribution < -0.4 is 15.6 Å². The average molecular weight is 356 g/mol. The minimum atomic E-state index is -0.811. The number of aromatic nitrogens is 3. The van der Waals surface area contributed by atoms with E-state index in [0.717, 1.165) is 10.4 Å². The third-order valence-corrected chi connectivity index (χ3v) is 4.07. The van der Waals surface area contributed by atoms with E-state index in [9.17, 15) is 9.59 Å². The van der Waals surface area contributed by atoms with Crippen molar-refractivity contribution in [3.8, 4) is 5.75 Å². The number of ether oxygens (including phenoxy) is 1. The number of hydrogen-bond acceptors (Lipinski definition) is 6. The van der Waals surface area contributed by atoms with Crippen LogP contribution in [-0.2, 0) is 4.79 Å². The molecule has 8 heteroatoms. The summed E-state index contributed by atoms with van der Waals surface area (Å²) >= 11 is 0. The van der Waals surface area contributed by atoms with Crippen LogP contribution in [-0.4, -0.2) is 27.5 Å². The number of anilines is 1. The lowest BCUT2D eigenvalue weighted by atomic mass is 10.2. The molecular weight excluding hydrogens is 336 g/mol. The van der Waals surface area contributed by atoms with E-state index in [1.165, 1.54) is 0 Å². The lowest BCUT2D eigenvalue weighted by Gasteiger charge is -2.15. The fourth-order valence-electron chi connectivity index (χ4n) is 2.73. The fourth-order valence-corrected chi connectivity index (χ4v) is 2.73. The molecule has 0 aliphatic rings. The van der Waals surface area contributed by atoms with E-state index in [0.29, 0.717) is 29.1 Å². The molecule has 0 aliphatic carbocycles. The van der Waals surface area contributed by atoms with Gasteiger partial charge in [-0.15, -0.1) is 0 Å². The number of amides is 1. The Labute approximate surface area is 149 Å². The summed E-state index contributed by atoms with van der Waals surface area (Å²) in [5.41, 5.74) is 0.903. The monoisotopic (exact) mass is 356 g/mol. The quantitative estimate of drug-likeness (QED) is 0.754. The maximum absolute atomic E-state index is 12.6. The Morgan fingerprint density at radius 2 is 2.00 bits per heavy atom. The van der Waals surface area contributed by atoms with Gasteiger partial charge in [0.15, 0.2) is 5.52 Å². The van der Waals surface area contributed by atoms with E-state index in [-0.39, 0.29) is 11.4 Å². The van der Waals surface area contributed by atoms with Crippen LogP contribution in [0.3, 0.4) is 0 Å². The second-order valence-electron chi connectivity index (χ2n) is 5.92. The van der Waals surface area contributed by atoms with Crippen LogP contribution in [0, 0.1) is 13.8 Å². The number of nitrogens with zero attached hydrogens (tertiary/aromatic N) is 3. The van der Waals surface area contributed by atoms with Gasteiger partial charge in [-0.2, -0.15) is 5.10 Å². The molecule has 0 saturated carbocycles. The van der Waals surface area contributed by atoms with Crippen LogP contribution in [0.5, 0.6) is 5.75 Å². The summed E-state index contributed by atoms with van der Waals surface area (Å²) in [5.74, 6) is 0.891. The van der Waals surface area contributed by atoms with Crippen LogP contribution in [0.15, 0.2) is 33.6 Å². The Bertz CT molecular complexity index is 1000. The zero-order valence-electron chi connectivity index (χ0n) is 15.1. The molecule has 2 aromatic heterocycles. The molecule has 8 nitrogen and oxygen atoms in total. The molecule has 0 unspecified atom stereocenters. The van der Waals surface area contributed by atoms with Gasteiger partial charge in [0, 0.05) is 5.69 Å². The van der Waals surface area contributed by atoms with Gasteiger partial charge in [-0.25, -0.2) is 4.68 Å². The topological polar surface area (TPSA) is 99.2 Å². The molecule has 1 N–H and O–H groups in total. The van der Waals surface area contributed by atoms with Crippen LogP contribution in [0.4, 0.5) is 5.69 Å². The Morgan fingerprint density at radius 3 is 2.65 bits per heavy atom. The molecule has 26 heavy (non-hydrogen) atoms. The first-order chi connectivity index (χ1) is 12.4. The van der Waals surface area contributed by atoms with Crippen molar-refractivity contribution in [2.75, 3.05) is 11.9 Å². The van der Waals surface area contributed by atoms with Crippen molar-refractivity contribution in [1.82, 2.24) is 14.9 Å². The summed E-state index contributed by atoms with van der Waals surface area (Å²) in [5, 5.41) is 11.4. The smallest absolute Gasteiger partial charge is 0.297 e. The zero-order valence-corrected chi connectivity index (χ0v) is 15.1. The summed E-state index contributed by atoms with van der Waals surface area (Å²) in [7, 11) is 0. The lowest BCUT2D eigenvalue weighted by molar-refractivity contribution is -0.119. The van der Waals surface area contributed by atoms with Crippen molar-refractivity contribution in [1.29, 1.82) is 0 Å². The maximum atomic E-state index is 12.6. The molecule has 1 aromatic carbocycles. The maximum Gasteiger partial charge on any atom is 0.297 e. The molecule has 1 amide bonds. The van der Waals surface area contributed by atoms with Crippen LogP contribution in [0.2, 0.25) is 0 Å². The van der Waals surface area contributed by atoms with E-state index in [1.807, 2.05) is 6.92 Å². The Kier molecular flexibility index (Phi) is 4.75. The third kappa shape index (κ3) is 3.17. The van der Waals surface area contributed by atoms with Gasteiger partial charge in [0.2, 0.25) is 5.91 Å². The number of carbonyl (C=O) groups excluding carboxylic acids is 1. The largest absolute Gasteiger partial charge is 0.494 e. The van der Waals surface area contributed by atoms with E-state index < -0.39 is 11.6 Å². The first-order valence-corrected chi connectivity index (χ1v) is 8.31. The van der Waals surface area contributed by atoms with Crippen LogP contribution >= 0.6 is 0 Å². The molecule has 0 spiro atoms. The summed E-state index contributed by atoms with van der Waals surface area (Å²) in [6, 6.07) is 6.20. The van der Waals surface area contributed by atoms with Gasteiger partial charge in [0.05, 0.1) is 17.7 Å². The highest BCUT2D eigenvalue weighted by Gasteiger charge is 2.22. The van der Waals surface area contributed by atoms with Gasteiger partial charge in [0.25, 0.3) is 5.56 Å². The minimum Gasteiger partial charge on any atom is -0.494 e. The number of benzene rings is 1. The predicted octanol–water partition coefficient (Wildman–Crippen LogP) is 2.60. The van der Waals surface area contributed by atoms with E-state index in [2.05, 4.69) is 15.6 Å². The van der Waals surface area contributed by atoms with Crippen LogP contribution in [0.25, 0.3) is 10.9 Å². The van der Waals surface area contributed by atoms with Crippen LogP contribution in [0.1, 0.15) is 31.3 Å². The van der Waals surface area contributed by atoms with E-state index in [1.54, 1.807) is 45.0 Å². The zero-order chi connectivity index (χ0) is 18.8.